The van der Waals surface area contributed by atoms with Gasteiger partial charge < -0.3 is 9.67 Å². The van der Waals surface area contributed by atoms with Crippen LogP contribution in [0.4, 0.5) is 0 Å². The lowest BCUT2D eigenvalue weighted by Gasteiger charge is -2.06. The van der Waals surface area contributed by atoms with E-state index in [0.29, 0.717) is 16.7 Å². The summed E-state index contributed by atoms with van der Waals surface area (Å²) in [5.74, 6) is 1.25. The molecular formula is C11H12ClN3O. The van der Waals surface area contributed by atoms with E-state index >= 15 is 0 Å². The van der Waals surface area contributed by atoms with E-state index in [1.54, 1.807) is 4.57 Å². The molecule has 0 aliphatic rings. The van der Waals surface area contributed by atoms with E-state index in [9.17, 15) is 0 Å². The number of aromatic nitrogens is 3. The molecule has 84 valence electrons. The fourth-order valence-corrected chi connectivity index (χ4v) is 1.74. The van der Waals surface area contributed by atoms with Gasteiger partial charge in [-0.1, -0.05) is 17.7 Å². The van der Waals surface area contributed by atoms with E-state index in [-0.39, 0.29) is 6.61 Å². The number of aliphatic hydroxyl groups is 1. The molecule has 0 radical (unpaired) electrons. The van der Waals surface area contributed by atoms with Gasteiger partial charge in [-0.05, 0) is 24.6 Å². The molecule has 5 heteroatoms. The predicted molar refractivity (Wildman–Crippen MR) is 62.1 cm³/mol. The Labute approximate surface area is 98.5 Å². The van der Waals surface area contributed by atoms with Gasteiger partial charge in [0.1, 0.15) is 6.61 Å². The van der Waals surface area contributed by atoms with E-state index in [1.807, 2.05) is 32.2 Å². The fraction of sp³-hybridized carbons (Fsp3) is 0.273. The highest BCUT2D eigenvalue weighted by molar-refractivity contribution is 6.30. The van der Waals surface area contributed by atoms with Crippen LogP contribution in [0.25, 0.3) is 11.4 Å². The van der Waals surface area contributed by atoms with Crippen LogP contribution in [0, 0.1) is 6.92 Å². The Morgan fingerprint density at radius 3 is 2.75 bits per heavy atom. The summed E-state index contributed by atoms with van der Waals surface area (Å²) in [6.07, 6.45) is 0. The zero-order valence-corrected chi connectivity index (χ0v) is 9.86. The van der Waals surface area contributed by atoms with Gasteiger partial charge in [-0.15, -0.1) is 10.2 Å². The monoisotopic (exact) mass is 237 g/mol. The molecule has 1 aromatic carbocycles. The molecule has 0 spiro atoms. The minimum Gasteiger partial charge on any atom is -0.388 e. The molecule has 0 bridgehead atoms. The zero-order chi connectivity index (χ0) is 11.7. The van der Waals surface area contributed by atoms with Crippen LogP contribution in [0.1, 0.15) is 11.4 Å². The van der Waals surface area contributed by atoms with E-state index < -0.39 is 0 Å². The highest BCUT2D eigenvalue weighted by Crippen LogP contribution is 2.25. The van der Waals surface area contributed by atoms with Gasteiger partial charge in [0.05, 0.1) is 0 Å². The average molecular weight is 238 g/mol. The Morgan fingerprint density at radius 1 is 1.38 bits per heavy atom. The number of hydrogen-bond donors (Lipinski definition) is 1. The molecule has 1 aromatic heterocycles. The first-order chi connectivity index (χ1) is 7.63. The lowest BCUT2D eigenvalue weighted by Crippen LogP contribution is -1.99. The van der Waals surface area contributed by atoms with Crippen molar-refractivity contribution in [1.29, 1.82) is 0 Å². The van der Waals surface area contributed by atoms with Crippen LogP contribution in [0.2, 0.25) is 5.02 Å². The molecular weight excluding hydrogens is 226 g/mol. The van der Waals surface area contributed by atoms with Gasteiger partial charge in [0.2, 0.25) is 0 Å². The lowest BCUT2D eigenvalue weighted by atomic mass is 10.1. The first kappa shape index (κ1) is 11.1. The van der Waals surface area contributed by atoms with Crippen molar-refractivity contribution >= 4 is 11.6 Å². The number of nitrogens with zero attached hydrogens (tertiary/aromatic N) is 3. The largest absolute Gasteiger partial charge is 0.388 e. The SMILES string of the molecule is Cc1ccc(Cl)cc1-c1nnc(CO)n1C. The standard InChI is InChI=1S/C11H12ClN3O/c1-7-3-4-8(12)5-9(7)11-14-13-10(6-16)15(11)2/h3-5,16H,6H2,1-2H3. The Kier molecular flexibility index (Phi) is 2.94. The fourth-order valence-electron chi connectivity index (χ4n) is 1.57. The third-order valence-electron chi connectivity index (χ3n) is 2.55. The van der Waals surface area contributed by atoms with Crippen molar-refractivity contribution < 1.29 is 5.11 Å². The normalized spacial score (nSPS) is 10.8. The number of aryl methyl sites for hydroxylation is 1. The molecule has 0 amide bonds. The summed E-state index contributed by atoms with van der Waals surface area (Å²) in [5.41, 5.74) is 2.01. The molecule has 0 aliphatic heterocycles. The minimum absolute atomic E-state index is 0.122. The van der Waals surface area contributed by atoms with Gasteiger partial charge in [0.15, 0.2) is 11.6 Å². The molecule has 4 nitrogen and oxygen atoms in total. The van der Waals surface area contributed by atoms with Crippen LogP contribution in [0.15, 0.2) is 18.2 Å². The smallest absolute Gasteiger partial charge is 0.164 e. The maximum Gasteiger partial charge on any atom is 0.164 e. The van der Waals surface area contributed by atoms with Gasteiger partial charge in [0, 0.05) is 17.6 Å². The van der Waals surface area contributed by atoms with Crippen molar-refractivity contribution in [2.75, 3.05) is 0 Å². The van der Waals surface area contributed by atoms with Crippen molar-refractivity contribution in [2.24, 2.45) is 7.05 Å². The number of hydrogen-bond acceptors (Lipinski definition) is 3. The quantitative estimate of drug-likeness (QED) is 0.869. The lowest BCUT2D eigenvalue weighted by molar-refractivity contribution is 0.267. The topological polar surface area (TPSA) is 50.9 Å². The Bertz CT molecular complexity index is 522. The first-order valence-corrected chi connectivity index (χ1v) is 5.27. The highest BCUT2D eigenvalue weighted by atomic mass is 35.5. The van der Waals surface area contributed by atoms with Crippen molar-refractivity contribution in [3.8, 4) is 11.4 Å². The Morgan fingerprint density at radius 2 is 2.12 bits per heavy atom. The van der Waals surface area contributed by atoms with Crippen LogP contribution in [-0.2, 0) is 13.7 Å². The molecule has 16 heavy (non-hydrogen) atoms. The Hall–Kier alpha value is -1.39. The number of aliphatic hydroxyl groups excluding tert-OH is 1. The molecule has 0 fully saturated rings. The molecule has 2 rings (SSSR count). The van der Waals surface area contributed by atoms with Crippen molar-refractivity contribution in [2.45, 2.75) is 13.5 Å². The van der Waals surface area contributed by atoms with Gasteiger partial charge in [-0.3, -0.25) is 0 Å². The summed E-state index contributed by atoms with van der Waals surface area (Å²) in [5, 5.41) is 17.7. The van der Waals surface area contributed by atoms with Crippen LogP contribution in [-0.4, -0.2) is 19.9 Å². The Balaban J connectivity index is 2.58. The highest BCUT2D eigenvalue weighted by Gasteiger charge is 2.12. The second-order valence-electron chi connectivity index (χ2n) is 3.62. The van der Waals surface area contributed by atoms with Crippen LogP contribution in [0.5, 0.6) is 0 Å². The summed E-state index contributed by atoms with van der Waals surface area (Å²) >= 11 is 5.95. The van der Waals surface area contributed by atoms with E-state index in [2.05, 4.69) is 10.2 Å². The summed E-state index contributed by atoms with van der Waals surface area (Å²) < 4.78 is 1.76. The summed E-state index contributed by atoms with van der Waals surface area (Å²) in [4.78, 5) is 0. The summed E-state index contributed by atoms with van der Waals surface area (Å²) in [6.45, 7) is 1.86. The van der Waals surface area contributed by atoms with Gasteiger partial charge in [-0.25, -0.2) is 0 Å². The van der Waals surface area contributed by atoms with Crippen LogP contribution >= 0.6 is 11.6 Å². The summed E-state index contributed by atoms with van der Waals surface area (Å²) in [6, 6.07) is 5.62. The molecule has 0 atom stereocenters. The van der Waals surface area contributed by atoms with Crippen molar-refractivity contribution in [3.63, 3.8) is 0 Å². The molecule has 0 saturated heterocycles. The van der Waals surface area contributed by atoms with E-state index in [4.69, 9.17) is 16.7 Å². The van der Waals surface area contributed by atoms with Crippen molar-refractivity contribution in [1.82, 2.24) is 14.8 Å². The molecule has 1 heterocycles. The maximum atomic E-state index is 9.05. The second-order valence-corrected chi connectivity index (χ2v) is 4.05. The third kappa shape index (κ3) is 1.81. The van der Waals surface area contributed by atoms with Gasteiger partial charge in [0.25, 0.3) is 0 Å². The molecule has 0 aliphatic carbocycles. The van der Waals surface area contributed by atoms with Crippen molar-refractivity contribution in [3.05, 3.63) is 34.6 Å². The molecule has 0 unspecified atom stereocenters. The number of benzene rings is 1. The maximum absolute atomic E-state index is 9.05. The molecule has 1 N–H and O–H groups in total. The average Bonchev–Trinajstić information content (AvgIpc) is 2.63. The van der Waals surface area contributed by atoms with Gasteiger partial charge in [-0.2, -0.15) is 0 Å². The zero-order valence-electron chi connectivity index (χ0n) is 9.11. The van der Waals surface area contributed by atoms with Crippen LogP contribution in [0.3, 0.4) is 0 Å². The first-order valence-electron chi connectivity index (χ1n) is 4.89. The number of halogens is 1. The van der Waals surface area contributed by atoms with E-state index in [1.165, 1.54) is 0 Å². The van der Waals surface area contributed by atoms with E-state index in [0.717, 1.165) is 11.1 Å². The molecule has 0 saturated carbocycles. The predicted octanol–water partition coefficient (Wildman–Crippen LogP) is 1.94. The third-order valence-corrected chi connectivity index (χ3v) is 2.78. The van der Waals surface area contributed by atoms with Crippen LogP contribution < -0.4 is 0 Å². The minimum atomic E-state index is -0.122. The van der Waals surface area contributed by atoms with Gasteiger partial charge >= 0.3 is 0 Å². The molecule has 2 aromatic rings. The number of rotatable bonds is 2. The second kappa shape index (κ2) is 4.23. The summed E-state index contributed by atoms with van der Waals surface area (Å²) in [7, 11) is 1.82.